The van der Waals surface area contributed by atoms with E-state index in [2.05, 4.69) is 5.32 Å². The molecule has 0 aromatic heterocycles. The molecule has 0 spiro atoms. The van der Waals surface area contributed by atoms with Crippen LogP contribution in [0.15, 0.2) is 18.2 Å². The molecule has 1 N–H and O–H groups in total. The molecule has 0 saturated carbocycles. The second-order valence-corrected chi connectivity index (χ2v) is 5.13. The molecule has 1 aromatic rings. The standard InChI is InChI=1S/C14H19NO3S/c1-4-18-14(17)9-19-8-13(16)15-12-6-5-10(2)11(3)7-12/h5-7H,4,8-9H2,1-3H3,(H,15,16). The number of nitrogens with one attached hydrogen (secondary N) is 1. The van der Waals surface area contributed by atoms with Gasteiger partial charge in [-0.1, -0.05) is 6.07 Å². The van der Waals surface area contributed by atoms with Gasteiger partial charge in [0.05, 0.1) is 18.1 Å². The van der Waals surface area contributed by atoms with Crippen molar-refractivity contribution in [3.05, 3.63) is 29.3 Å². The van der Waals surface area contributed by atoms with Crippen LogP contribution in [0.5, 0.6) is 0 Å². The van der Waals surface area contributed by atoms with Crippen LogP contribution in [-0.4, -0.2) is 30.0 Å². The fourth-order valence-electron chi connectivity index (χ4n) is 1.45. The Labute approximate surface area is 117 Å². The van der Waals surface area contributed by atoms with Gasteiger partial charge in [0, 0.05) is 5.69 Å². The number of aryl methyl sites for hydroxylation is 2. The number of rotatable bonds is 6. The third-order valence-corrected chi connectivity index (χ3v) is 3.46. The minimum absolute atomic E-state index is 0.113. The van der Waals surface area contributed by atoms with E-state index < -0.39 is 0 Å². The maximum atomic E-state index is 11.7. The molecule has 0 saturated heterocycles. The first kappa shape index (κ1) is 15.6. The number of hydrogen-bond acceptors (Lipinski definition) is 4. The van der Waals surface area contributed by atoms with Gasteiger partial charge in [0.15, 0.2) is 0 Å². The lowest BCUT2D eigenvalue weighted by Crippen LogP contribution is -2.16. The highest BCUT2D eigenvalue weighted by Gasteiger charge is 2.06. The van der Waals surface area contributed by atoms with Crippen molar-refractivity contribution in [1.29, 1.82) is 0 Å². The van der Waals surface area contributed by atoms with E-state index >= 15 is 0 Å². The smallest absolute Gasteiger partial charge is 0.315 e. The molecule has 1 amide bonds. The van der Waals surface area contributed by atoms with Crippen LogP contribution >= 0.6 is 11.8 Å². The first-order valence-corrected chi connectivity index (χ1v) is 7.29. The van der Waals surface area contributed by atoms with Crippen molar-refractivity contribution < 1.29 is 14.3 Å². The molecule has 19 heavy (non-hydrogen) atoms. The zero-order valence-corrected chi connectivity index (χ0v) is 12.3. The van der Waals surface area contributed by atoms with Gasteiger partial charge >= 0.3 is 5.97 Å². The molecular formula is C14H19NO3S. The summed E-state index contributed by atoms with van der Waals surface area (Å²) in [7, 11) is 0. The van der Waals surface area contributed by atoms with Gasteiger partial charge in [-0.2, -0.15) is 0 Å². The van der Waals surface area contributed by atoms with Crippen LogP contribution in [-0.2, 0) is 14.3 Å². The van der Waals surface area contributed by atoms with Crippen molar-refractivity contribution in [1.82, 2.24) is 0 Å². The topological polar surface area (TPSA) is 55.4 Å². The molecule has 0 radical (unpaired) electrons. The van der Waals surface area contributed by atoms with E-state index in [1.807, 2.05) is 32.0 Å². The Kier molecular flexibility index (Phi) is 6.42. The summed E-state index contributed by atoms with van der Waals surface area (Å²) in [5.41, 5.74) is 3.11. The molecule has 4 nitrogen and oxygen atoms in total. The van der Waals surface area contributed by atoms with Crippen LogP contribution in [0.25, 0.3) is 0 Å². The Morgan fingerprint density at radius 3 is 2.58 bits per heavy atom. The summed E-state index contributed by atoms with van der Waals surface area (Å²) in [6.07, 6.45) is 0. The number of carbonyl (C=O) groups excluding carboxylic acids is 2. The van der Waals surface area contributed by atoms with Crippen molar-refractivity contribution in [2.24, 2.45) is 0 Å². The summed E-state index contributed by atoms with van der Waals surface area (Å²) in [6.45, 7) is 6.15. The number of hydrogen-bond donors (Lipinski definition) is 1. The number of thioether (sulfide) groups is 1. The number of carbonyl (C=O) groups is 2. The molecule has 0 fully saturated rings. The van der Waals surface area contributed by atoms with Crippen molar-refractivity contribution in [3.63, 3.8) is 0 Å². The quantitative estimate of drug-likeness (QED) is 0.814. The highest BCUT2D eigenvalue weighted by Crippen LogP contribution is 2.14. The van der Waals surface area contributed by atoms with Gasteiger partial charge in [0.2, 0.25) is 5.91 Å². The van der Waals surface area contributed by atoms with Gasteiger partial charge in [-0.05, 0) is 44.0 Å². The van der Waals surface area contributed by atoms with Crippen LogP contribution in [0.4, 0.5) is 5.69 Å². The minimum atomic E-state index is -0.286. The first-order chi connectivity index (χ1) is 9.02. The van der Waals surface area contributed by atoms with E-state index in [1.165, 1.54) is 17.3 Å². The molecular weight excluding hydrogens is 262 g/mol. The second kappa shape index (κ2) is 7.84. The molecule has 0 aliphatic heterocycles. The Morgan fingerprint density at radius 1 is 1.21 bits per heavy atom. The predicted molar refractivity (Wildman–Crippen MR) is 78.5 cm³/mol. The molecule has 1 aromatic carbocycles. The normalized spacial score (nSPS) is 10.1. The molecule has 0 unspecified atom stereocenters. The van der Waals surface area contributed by atoms with Crippen molar-refractivity contribution in [2.45, 2.75) is 20.8 Å². The van der Waals surface area contributed by atoms with Crippen molar-refractivity contribution in [3.8, 4) is 0 Å². The fraction of sp³-hybridized carbons (Fsp3) is 0.429. The number of ether oxygens (including phenoxy) is 1. The third-order valence-electron chi connectivity index (χ3n) is 2.55. The van der Waals surface area contributed by atoms with E-state index in [0.29, 0.717) is 6.61 Å². The van der Waals surface area contributed by atoms with E-state index in [1.54, 1.807) is 6.92 Å². The average Bonchev–Trinajstić information content (AvgIpc) is 2.34. The molecule has 0 atom stereocenters. The van der Waals surface area contributed by atoms with Gasteiger partial charge in [0.25, 0.3) is 0 Å². The highest BCUT2D eigenvalue weighted by atomic mass is 32.2. The lowest BCUT2D eigenvalue weighted by atomic mass is 10.1. The molecule has 104 valence electrons. The Balaban J connectivity index is 2.35. The van der Waals surface area contributed by atoms with Gasteiger partial charge in [-0.3, -0.25) is 9.59 Å². The summed E-state index contributed by atoms with van der Waals surface area (Å²) in [5.74, 6) is 0.0453. The maximum Gasteiger partial charge on any atom is 0.315 e. The van der Waals surface area contributed by atoms with Crippen LogP contribution < -0.4 is 5.32 Å². The minimum Gasteiger partial charge on any atom is -0.465 e. The number of benzene rings is 1. The van der Waals surface area contributed by atoms with Crippen LogP contribution in [0, 0.1) is 13.8 Å². The summed E-state index contributed by atoms with van der Waals surface area (Å²) in [6, 6.07) is 5.77. The lowest BCUT2D eigenvalue weighted by Gasteiger charge is -2.07. The largest absolute Gasteiger partial charge is 0.465 e. The van der Waals surface area contributed by atoms with Crippen molar-refractivity contribution >= 4 is 29.3 Å². The monoisotopic (exact) mass is 281 g/mol. The molecule has 0 heterocycles. The SMILES string of the molecule is CCOC(=O)CSCC(=O)Nc1ccc(C)c(C)c1. The van der Waals surface area contributed by atoms with Crippen LogP contribution in [0.3, 0.4) is 0 Å². The Morgan fingerprint density at radius 2 is 1.95 bits per heavy atom. The van der Waals surface area contributed by atoms with Crippen LogP contribution in [0.2, 0.25) is 0 Å². The van der Waals surface area contributed by atoms with Gasteiger partial charge in [0.1, 0.15) is 0 Å². The summed E-state index contributed by atoms with van der Waals surface area (Å²) in [5, 5.41) is 2.80. The number of amides is 1. The van der Waals surface area contributed by atoms with Gasteiger partial charge < -0.3 is 10.1 Å². The van der Waals surface area contributed by atoms with E-state index in [4.69, 9.17) is 4.74 Å². The predicted octanol–water partition coefficient (Wildman–Crippen LogP) is 2.54. The molecule has 0 aliphatic rings. The average molecular weight is 281 g/mol. The highest BCUT2D eigenvalue weighted by molar-refractivity contribution is 8.00. The second-order valence-electron chi connectivity index (χ2n) is 4.15. The summed E-state index contributed by atoms with van der Waals surface area (Å²) in [4.78, 5) is 22.8. The summed E-state index contributed by atoms with van der Waals surface area (Å²) >= 11 is 1.25. The lowest BCUT2D eigenvalue weighted by molar-refractivity contribution is -0.139. The van der Waals surface area contributed by atoms with E-state index in [9.17, 15) is 9.59 Å². The Bertz CT molecular complexity index is 460. The van der Waals surface area contributed by atoms with Gasteiger partial charge in [-0.25, -0.2) is 0 Å². The molecule has 0 aliphatic carbocycles. The summed E-state index contributed by atoms with van der Waals surface area (Å²) < 4.78 is 4.78. The van der Waals surface area contributed by atoms with E-state index in [0.717, 1.165) is 11.3 Å². The molecule has 1 rings (SSSR count). The molecule has 0 bridgehead atoms. The Hall–Kier alpha value is -1.49. The molecule has 5 heteroatoms. The third kappa shape index (κ3) is 5.79. The number of esters is 1. The zero-order chi connectivity index (χ0) is 14.3. The van der Waals surface area contributed by atoms with Crippen LogP contribution in [0.1, 0.15) is 18.1 Å². The number of anilines is 1. The van der Waals surface area contributed by atoms with E-state index in [-0.39, 0.29) is 23.4 Å². The van der Waals surface area contributed by atoms with Crippen molar-refractivity contribution in [2.75, 3.05) is 23.4 Å². The fourth-order valence-corrected chi connectivity index (χ4v) is 2.06. The van der Waals surface area contributed by atoms with Gasteiger partial charge in [-0.15, -0.1) is 11.8 Å². The zero-order valence-electron chi connectivity index (χ0n) is 11.5. The first-order valence-electron chi connectivity index (χ1n) is 6.13. The maximum absolute atomic E-state index is 11.7.